The van der Waals surface area contributed by atoms with Crippen molar-refractivity contribution >= 4 is 17.7 Å². The third-order valence-corrected chi connectivity index (χ3v) is 4.23. The fourth-order valence-corrected chi connectivity index (χ4v) is 2.81. The summed E-state index contributed by atoms with van der Waals surface area (Å²) < 4.78 is 18.6. The number of fused-ring (bicyclic) bond motifs is 1. The first-order valence-corrected chi connectivity index (χ1v) is 7.94. The van der Waals surface area contributed by atoms with Crippen LogP contribution < -0.4 is 4.74 Å². The van der Waals surface area contributed by atoms with Crippen molar-refractivity contribution in [2.24, 2.45) is 0 Å². The van der Waals surface area contributed by atoms with Crippen LogP contribution in [0.4, 0.5) is 4.39 Å². The summed E-state index contributed by atoms with van der Waals surface area (Å²) in [6.07, 6.45) is 0. The Labute approximate surface area is 149 Å². The van der Waals surface area contributed by atoms with E-state index in [0.717, 1.165) is 4.90 Å². The van der Waals surface area contributed by atoms with Crippen LogP contribution in [-0.2, 0) is 11.3 Å². The molecule has 2 aromatic carbocycles. The Hall–Kier alpha value is -3.22. The lowest BCUT2D eigenvalue weighted by Gasteiger charge is -2.21. The van der Waals surface area contributed by atoms with Crippen molar-refractivity contribution in [2.75, 3.05) is 20.7 Å². The number of ether oxygens (including phenoxy) is 1. The Bertz CT molecular complexity index is 862. The number of likely N-dealkylation sites (N-methyl/N-ethyl adjacent to an activating group) is 1. The summed E-state index contributed by atoms with van der Waals surface area (Å²) in [6.45, 7) is -0.218. The third kappa shape index (κ3) is 3.15. The molecular formula is C19H17FN2O4. The summed E-state index contributed by atoms with van der Waals surface area (Å²) in [5.74, 6) is -1.79. The fourth-order valence-electron chi connectivity index (χ4n) is 2.81. The number of carbonyl (C=O) groups excluding carboxylic acids is 3. The van der Waals surface area contributed by atoms with E-state index in [4.69, 9.17) is 4.74 Å². The van der Waals surface area contributed by atoms with E-state index in [1.54, 1.807) is 30.3 Å². The van der Waals surface area contributed by atoms with Crippen LogP contribution in [0.1, 0.15) is 26.3 Å². The summed E-state index contributed by atoms with van der Waals surface area (Å²) >= 11 is 0. The molecule has 26 heavy (non-hydrogen) atoms. The van der Waals surface area contributed by atoms with Gasteiger partial charge in [0.2, 0.25) is 5.91 Å². The molecule has 134 valence electrons. The maximum absolute atomic E-state index is 13.8. The molecule has 1 heterocycles. The molecule has 0 atom stereocenters. The van der Waals surface area contributed by atoms with E-state index >= 15 is 0 Å². The number of hydrogen-bond acceptors (Lipinski definition) is 4. The first-order chi connectivity index (χ1) is 12.4. The molecule has 1 aliphatic rings. The predicted octanol–water partition coefficient (Wildman–Crippen LogP) is 2.09. The number of halogens is 1. The number of imide groups is 1. The van der Waals surface area contributed by atoms with E-state index in [2.05, 4.69) is 0 Å². The van der Waals surface area contributed by atoms with E-state index in [-0.39, 0.29) is 18.8 Å². The molecule has 0 saturated carbocycles. The van der Waals surface area contributed by atoms with Crippen LogP contribution in [0.5, 0.6) is 5.75 Å². The first kappa shape index (κ1) is 17.6. The highest BCUT2D eigenvalue weighted by atomic mass is 19.1. The van der Waals surface area contributed by atoms with Gasteiger partial charge in [-0.1, -0.05) is 18.2 Å². The van der Waals surface area contributed by atoms with Crippen molar-refractivity contribution in [1.29, 1.82) is 0 Å². The largest absolute Gasteiger partial charge is 0.494 e. The molecule has 0 N–H and O–H groups in total. The van der Waals surface area contributed by atoms with Gasteiger partial charge in [0.25, 0.3) is 11.8 Å². The number of benzene rings is 2. The molecule has 0 saturated heterocycles. The molecule has 1 aliphatic heterocycles. The van der Waals surface area contributed by atoms with Gasteiger partial charge in [0.1, 0.15) is 6.54 Å². The lowest BCUT2D eigenvalue weighted by Crippen LogP contribution is -2.40. The van der Waals surface area contributed by atoms with Gasteiger partial charge in [-0.25, -0.2) is 4.39 Å². The van der Waals surface area contributed by atoms with Gasteiger partial charge >= 0.3 is 0 Å². The number of methoxy groups -OCH3 is 1. The Kier molecular flexibility index (Phi) is 4.71. The van der Waals surface area contributed by atoms with Crippen LogP contribution in [0.3, 0.4) is 0 Å². The average Bonchev–Trinajstić information content (AvgIpc) is 2.87. The van der Waals surface area contributed by atoms with Gasteiger partial charge in [0, 0.05) is 13.6 Å². The van der Waals surface area contributed by atoms with E-state index in [1.807, 2.05) is 0 Å². The zero-order valence-electron chi connectivity index (χ0n) is 14.4. The minimum atomic E-state index is -0.522. The fraction of sp³-hybridized carbons (Fsp3) is 0.211. The molecule has 3 amide bonds. The zero-order valence-corrected chi connectivity index (χ0v) is 14.4. The van der Waals surface area contributed by atoms with Crippen molar-refractivity contribution < 1.29 is 23.5 Å². The SMILES string of the molecule is COc1ccc(CN(C)C(=O)CN2C(=O)c3ccccc3C2=O)cc1F. The van der Waals surface area contributed by atoms with Gasteiger partial charge in [0.05, 0.1) is 18.2 Å². The summed E-state index contributed by atoms with van der Waals surface area (Å²) in [5, 5.41) is 0. The maximum atomic E-state index is 13.8. The standard InChI is InChI=1S/C19H17FN2O4/c1-21(10-12-7-8-16(26-2)15(20)9-12)17(23)11-22-18(24)13-5-3-4-6-14(13)19(22)25/h3-9H,10-11H2,1-2H3. The van der Waals surface area contributed by atoms with Crippen molar-refractivity contribution in [3.63, 3.8) is 0 Å². The second-order valence-corrected chi connectivity index (χ2v) is 5.96. The highest BCUT2D eigenvalue weighted by Gasteiger charge is 2.36. The molecule has 0 unspecified atom stereocenters. The monoisotopic (exact) mass is 356 g/mol. The second kappa shape index (κ2) is 6.95. The highest BCUT2D eigenvalue weighted by molar-refractivity contribution is 6.22. The van der Waals surface area contributed by atoms with Crippen LogP contribution in [0.15, 0.2) is 42.5 Å². The molecular weight excluding hydrogens is 339 g/mol. The van der Waals surface area contributed by atoms with E-state index < -0.39 is 23.5 Å². The van der Waals surface area contributed by atoms with E-state index in [0.29, 0.717) is 16.7 Å². The quantitative estimate of drug-likeness (QED) is 0.770. The molecule has 2 aromatic rings. The third-order valence-electron chi connectivity index (χ3n) is 4.23. The van der Waals surface area contributed by atoms with Crippen molar-refractivity contribution in [2.45, 2.75) is 6.54 Å². The number of amides is 3. The van der Waals surface area contributed by atoms with Crippen LogP contribution in [0.2, 0.25) is 0 Å². The minimum absolute atomic E-state index is 0.119. The molecule has 0 aliphatic carbocycles. The summed E-state index contributed by atoms with van der Waals surface area (Å²) in [6, 6.07) is 10.9. The van der Waals surface area contributed by atoms with Gasteiger partial charge in [-0.2, -0.15) is 0 Å². The van der Waals surface area contributed by atoms with Gasteiger partial charge in [0.15, 0.2) is 11.6 Å². The first-order valence-electron chi connectivity index (χ1n) is 7.94. The Morgan fingerprint density at radius 2 is 1.73 bits per heavy atom. The summed E-state index contributed by atoms with van der Waals surface area (Å²) in [7, 11) is 2.90. The van der Waals surface area contributed by atoms with Gasteiger partial charge in [-0.3, -0.25) is 19.3 Å². The Balaban J connectivity index is 1.68. The van der Waals surface area contributed by atoms with Crippen molar-refractivity contribution in [1.82, 2.24) is 9.80 Å². The molecule has 7 heteroatoms. The Morgan fingerprint density at radius 3 is 2.27 bits per heavy atom. The smallest absolute Gasteiger partial charge is 0.262 e. The summed E-state index contributed by atoms with van der Waals surface area (Å²) in [4.78, 5) is 39.3. The maximum Gasteiger partial charge on any atom is 0.262 e. The van der Waals surface area contributed by atoms with Crippen LogP contribution in [0, 0.1) is 5.82 Å². The number of carbonyl (C=O) groups is 3. The van der Waals surface area contributed by atoms with Gasteiger partial charge in [-0.15, -0.1) is 0 Å². The van der Waals surface area contributed by atoms with E-state index in [9.17, 15) is 18.8 Å². The lowest BCUT2D eigenvalue weighted by molar-refractivity contribution is -0.130. The van der Waals surface area contributed by atoms with Crippen molar-refractivity contribution in [3.8, 4) is 5.75 Å². The predicted molar refractivity (Wildman–Crippen MR) is 91.2 cm³/mol. The summed E-state index contributed by atoms with van der Waals surface area (Å²) in [5.41, 5.74) is 1.16. The van der Waals surface area contributed by atoms with Gasteiger partial charge in [-0.05, 0) is 29.8 Å². The lowest BCUT2D eigenvalue weighted by atomic mass is 10.1. The number of nitrogens with zero attached hydrogens (tertiary/aromatic N) is 2. The molecule has 6 nitrogen and oxygen atoms in total. The van der Waals surface area contributed by atoms with Gasteiger partial charge < -0.3 is 9.64 Å². The molecule has 3 rings (SSSR count). The van der Waals surface area contributed by atoms with Crippen LogP contribution in [-0.4, -0.2) is 48.2 Å². The Morgan fingerprint density at radius 1 is 1.12 bits per heavy atom. The normalized spacial score (nSPS) is 13.0. The molecule has 0 fully saturated rings. The minimum Gasteiger partial charge on any atom is -0.494 e. The number of rotatable bonds is 5. The average molecular weight is 356 g/mol. The van der Waals surface area contributed by atoms with Crippen molar-refractivity contribution in [3.05, 3.63) is 65.0 Å². The van der Waals surface area contributed by atoms with Crippen LogP contribution in [0.25, 0.3) is 0 Å². The van der Waals surface area contributed by atoms with Crippen LogP contribution >= 0.6 is 0 Å². The topological polar surface area (TPSA) is 66.9 Å². The molecule has 0 spiro atoms. The highest BCUT2D eigenvalue weighted by Crippen LogP contribution is 2.22. The molecule has 0 bridgehead atoms. The van der Waals surface area contributed by atoms with E-state index in [1.165, 1.54) is 31.2 Å². The molecule has 0 radical (unpaired) electrons. The zero-order chi connectivity index (χ0) is 18.8. The molecule has 0 aromatic heterocycles. The number of hydrogen-bond donors (Lipinski definition) is 0. The second-order valence-electron chi connectivity index (χ2n) is 5.96.